The van der Waals surface area contributed by atoms with E-state index in [1.54, 1.807) is 0 Å². The summed E-state index contributed by atoms with van der Waals surface area (Å²) in [5.41, 5.74) is 5.00. The molecule has 0 amide bonds. The smallest absolute Gasteiger partial charge is 0.0766 e. The van der Waals surface area contributed by atoms with Crippen LogP contribution in [0, 0.1) is 6.92 Å². The Morgan fingerprint density at radius 3 is 2.43 bits per heavy atom. The largest absolute Gasteiger partial charge is 0.310 e. The molecule has 0 spiro atoms. The first-order valence-corrected chi connectivity index (χ1v) is 8.36. The predicted octanol–water partition coefficient (Wildman–Crippen LogP) is 3.95. The molecule has 1 N–H and O–H groups in total. The van der Waals surface area contributed by atoms with Gasteiger partial charge in [0.05, 0.1) is 15.9 Å². The van der Waals surface area contributed by atoms with E-state index in [-0.39, 0.29) is 0 Å². The van der Waals surface area contributed by atoms with Crippen LogP contribution in [0.4, 0.5) is 0 Å². The maximum Gasteiger partial charge on any atom is 0.0766 e. The summed E-state index contributed by atoms with van der Waals surface area (Å²) >= 11 is 3.71. The highest BCUT2D eigenvalue weighted by Gasteiger charge is 2.18. The Balaban J connectivity index is 2.28. The third-order valence-corrected chi connectivity index (χ3v) is 4.75. The lowest BCUT2D eigenvalue weighted by Gasteiger charge is -2.19. The van der Waals surface area contributed by atoms with Crippen LogP contribution in [0.15, 0.2) is 28.7 Å². The van der Waals surface area contributed by atoms with Gasteiger partial charge in [-0.15, -0.1) is 0 Å². The molecule has 1 atom stereocenters. The summed E-state index contributed by atoms with van der Waals surface area (Å²) in [6.45, 7) is 7.36. The highest BCUT2D eigenvalue weighted by molar-refractivity contribution is 9.10. The minimum Gasteiger partial charge on any atom is -0.310 e. The van der Waals surface area contributed by atoms with Crippen LogP contribution in [0.2, 0.25) is 0 Å². The van der Waals surface area contributed by atoms with Gasteiger partial charge in [-0.1, -0.05) is 43.7 Å². The van der Waals surface area contributed by atoms with E-state index in [1.165, 1.54) is 16.8 Å². The number of nitrogens with zero attached hydrogens (tertiary/aromatic N) is 2. The molecule has 1 unspecified atom stereocenters. The number of rotatable bonds is 6. The first kappa shape index (κ1) is 16.2. The summed E-state index contributed by atoms with van der Waals surface area (Å²) < 4.78 is 3.16. The van der Waals surface area contributed by atoms with Crippen LogP contribution in [-0.2, 0) is 19.9 Å². The van der Waals surface area contributed by atoms with Crippen molar-refractivity contribution < 1.29 is 0 Å². The Bertz CT molecular complexity index is 587. The number of likely N-dealkylation sites (N-methyl/N-ethyl adjacent to an activating group) is 1. The van der Waals surface area contributed by atoms with Crippen molar-refractivity contribution in [3.8, 4) is 0 Å². The van der Waals surface area contributed by atoms with Crippen LogP contribution in [0.25, 0.3) is 0 Å². The van der Waals surface area contributed by atoms with Crippen molar-refractivity contribution in [1.29, 1.82) is 0 Å². The molecule has 0 aliphatic carbocycles. The molecule has 0 saturated carbocycles. The van der Waals surface area contributed by atoms with Crippen molar-refractivity contribution in [3.05, 3.63) is 51.3 Å². The third-order valence-electron chi connectivity index (χ3n) is 3.83. The van der Waals surface area contributed by atoms with Gasteiger partial charge in [0.1, 0.15) is 0 Å². The maximum atomic E-state index is 4.59. The molecule has 2 rings (SSSR count). The summed E-state index contributed by atoms with van der Waals surface area (Å²) in [6, 6.07) is 9.10. The molecule has 1 aromatic carbocycles. The molecular formula is C17H24BrN3. The number of aromatic nitrogens is 2. The SMILES string of the molecule is CCNC(Cc1c(Br)c(CC)nn1C)c1ccc(C)cc1. The zero-order valence-corrected chi connectivity index (χ0v) is 14.9. The second-order valence-electron chi connectivity index (χ2n) is 5.41. The van der Waals surface area contributed by atoms with Gasteiger partial charge in [-0.2, -0.15) is 5.10 Å². The number of hydrogen-bond donors (Lipinski definition) is 1. The van der Waals surface area contributed by atoms with Crippen molar-refractivity contribution in [2.24, 2.45) is 7.05 Å². The van der Waals surface area contributed by atoms with Gasteiger partial charge >= 0.3 is 0 Å². The molecule has 21 heavy (non-hydrogen) atoms. The molecule has 4 heteroatoms. The van der Waals surface area contributed by atoms with Gasteiger partial charge in [0.15, 0.2) is 0 Å². The summed E-state index contributed by atoms with van der Waals surface area (Å²) in [7, 11) is 2.03. The zero-order chi connectivity index (χ0) is 15.4. The van der Waals surface area contributed by atoms with E-state index in [9.17, 15) is 0 Å². The lowest BCUT2D eigenvalue weighted by Crippen LogP contribution is -2.24. The van der Waals surface area contributed by atoms with Crippen molar-refractivity contribution in [2.75, 3.05) is 6.54 Å². The van der Waals surface area contributed by atoms with Crippen molar-refractivity contribution in [2.45, 2.75) is 39.7 Å². The van der Waals surface area contributed by atoms with E-state index in [0.29, 0.717) is 6.04 Å². The van der Waals surface area contributed by atoms with E-state index in [2.05, 4.69) is 71.4 Å². The Morgan fingerprint density at radius 2 is 1.90 bits per heavy atom. The molecule has 0 radical (unpaired) electrons. The van der Waals surface area contributed by atoms with Crippen molar-refractivity contribution in [1.82, 2.24) is 15.1 Å². The summed E-state index contributed by atoms with van der Waals surface area (Å²) in [6.07, 6.45) is 1.88. The topological polar surface area (TPSA) is 29.9 Å². The molecule has 0 fully saturated rings. The van der Waals surface area contributed by atoms with Crippen LogP contribution < -0.4 is 5.32 Å². The molecule has 0 saturated heterocycles. The average molecular weight is 350 g/mol. The molecule has 0 aliphatic heterocycles. The van der Waals surface area contributed by atoms with Gasteiger partial charge in [0.25, 0.3) is 0 Å². The lowest BCUT2D eigenvalue weighted by molar-refractivity contribution is 0.527. The van der Waals surface area contributed by atoms with Gasteiger partial charge in [-0.3, -0.25) is 4.68 Å². The standard InChI is InChI=1S/C17H24BrN3/c1-5-14-17(18)16(21(4)20-14)11-15(19-6-2)13-9-7-12(3)8-10-13/h7-10,15,19H,5-6,11H2,1-4H3. The third kappa shape index (κ3) is 3.74. The number of nitrogens with one attached hydrogen (secondary N) is 1. The summed E-state index contributed by atoms with van der Waals surface area (Å²) in [4.78, 5) is 0. The quantitative estimate of drug-likeness (QED) is 0.855. The van der Waals surface area contributed by atoms with E-state index in [0.717, 1.165) is 29.6 Å². The van der Waals surface area contributed by atoms with E-state index in [1.807, 2.05) is 11.7 Å². The average Bonchev–Trinajstić information content (AvgIpc) is 2.75. The zero-order valence-electron chi connectivity index (χ0n) is 13.3. The van der Waals surface area contributed by atoms with Crippen LogP contribution in [-0.4, -0.2) is 16.3 Å². The second kappa shape index (κ2) is 7.23. The molecule has 1 heterocycles. The summed E-state index contributed by atoms with van der Waals surface area (Å²) in [5, 5.41) is 8.18. The molecule has 114 valence electrons. The minimum atomic E-state index is 0.312. The maximum absolute atomic E-state index is 4.59. The van der Waals surface area contributed by atoms with Gasteiger partial charge in [0, 0.05) is 19.5 Å². The van der Waals surface area contributed by atoms with Gasteiger partial charge in [-0.05, 0) is 41.4 Å². The Hall–Kier alpha value is -1.13. The fourth-order valence-corrected chi connectivity index (χ4v) is 3.37. The van der Waals surface area contributed by atoms with Crippen LogP contribution in [0.1, 0.15) is 42.4 Å². The van der Waals surface area contributed by atoms with Gasteiger partial charge in [0.2, 0.25) is 0 Å². The highest BCUT2D eigenvalue weighted by Crippen LogP contribution is 2.27. The predicted molar refractivity (Wildman–Crippen MR) is 91.6 cm³/mol. The summed E-state index contributed by atoms with van der Waals surface area (Å²) in [5.74, 6) is 0. The monoisotopic (exact) mass is 349 g/mol. The van der Waals surface area contributed by atoms with Crippen molar-refractivity contribution >= 4 is 15.9 Å². The van der Waals surface area contributed by atoms with Crippen LogP contribution in [0.5, 0.6) is 0 Å². The van der Waals surface area contributed by atoms with E-state index < -0.39 is 0 Å². The van der Waals surface area contributed by atoms with Gasteiger partial charge in [-0.25, -0.2) is 0 Å². The Labute approximate surface area is 135 Å². The fourth-order valence-electron chi connectivity index (χ4n) is 2.59. The van der Waals surface area contributed by atoms with Crippen molar-refractivity contribution in [3.63, 3.8) is 0 Å². The number of halogens is 1. The minimum absolute atomic E-state index is 0.312. The first-order chi connectivity index (χ1) is 10.1. The molecule has 1 aromatic heterocycles. The molecule has 0 aliphatic rings. The second-order valence-corrected chi connectivity index (χ2v) is 6.20. The highest BCUT2D eigenvalue weighted by atomic mass is 79.9. The van der Waals surface area contributed by atoms with E-state index >= 15 is 0 Å². The number of hydrogen-bond acceptors (Lipinski definition) is 2. The Morgan fingerprint density at radius 1 is 1.24 bits per heavy atom. The van der Waals surface area contributed by atoms with Gasteiger partial charge < -0.3 is 5.32 Å². The molecular weight excluding hydrogens is 326 g/mol. The normalized spacial score (nSPS) is 12.6. The fraction of sp³-hybridized carbons (Fsp3) is 0.471. The van der Waals surface area contributed by atoms with Crippen LogP contribution in [0.3, 0.4) is 0 Å². The first-order valence-electron chi connectivity index (χ1n) is 7.57. The van der Waals surface area contributed by atoms with Crippen LogP contribution >= 0.6 is 15.9 Å². The Kier molecular flexibility index (Phi) is 5.59. The van der Waals surface area contributed by atoms with E-state index in [4.69, 9.17) is 0 Å². The number of aryl methyl sites for hydroxylation is 3. The lowest BCUT2D eigenvalue weighted by atomic mass is 10.0. The molecule has 0 bridgehead atoms. The molecule has 3 nitrogen and oxygen atoms in total. The molecule has 2 aromatic rings. The number of benzene rings is 1.